The van der Waals surface area contributed by atoms with Crippen LogP contribution in [-0.2, 0) is 10.0 Å². The molecule has 0 bridgehead atoms. The summed E-state index contributed by atoms with van der Waals surface area (Å²) < 4.78 is 51.7. The molecule has 0 aromatic rings. The topological polar surface area (TPSA) is 60.9 Å². The Morgan fingerprint density at radius 3 is 2.24 bits per heavy atom. The highest BCUT2D eigenvalue weighted by atomic mass is 32.2. The zero-order valence-electron chi connectivity index (χ0n) is 12.6. The van der Waals surface area contributed by atoms with Crippen LogP contribution in [0.5, 0.6) is 0 Å². The predicted octanol–water partition coefficient (Wildman–Crippen LogP) is 0.892. The Morgan fingerprint density at radius 1 is 1.14 bits per heavy atom. The van der Waals surface area contributed by atoms with Gasteiger partial charge in [0.2, 0.25) is 10.0 Å². The minimum Gasteiger partial charge on any atom is -0.387 e. The van der Waals surface area contributed by atoms with Gasteiger partial charge >= 0.3 is 0 Å². The Labute approximate surface area is 125 Å². The SMILES string of the molecule is CC(C)S(=O)(=O)N1CCC(O)(CN2CCC(F)(F)CC2)C1. The molecule has 5 nitrogen and oxygen atoms in total. The van der Waals surface area contributed by atoms with Gasteiger partial charge in [-0.3, -0.25) is 4.90 Å². The van der Waals surface area contributed by atoms with Crippen molar-refractivity contribution in [3.63, 3.8) is 0 Å². The van der Waals surface area contributed by atoms with E-state index in [0.717, 1.165) is 0 Å². The van der Waals surface area contributed by atoms with E-state index in [2.05, 4.69) is 0 Å². The molecule has 0 radical (unpaired) electrons. The molecule has 0 aromatic heterocycles. The van der Waals surface area contributed by atoms with E-state index in [1.807, 2.05) is 4.90 Å². The van der Waals surface area contributed by atoms with Gasteiger partial charge in [0, 0.05) is 45.6 Å². The van der Waals surface area contributed by atoms with Gasteiger partial charge in [-0.1, -0.05) is 0 Å². The molecule has 0 aromatic carbocycles. The van der Waals surface area contributed by atoms with Crippen LogP contribution in [0.15, 0.2) is 0 Å². The maximum absolute atomic E-state index is 13.1. The molecule has 1 atom stereocenters. The van der Waals surface area contributed by atoms with Gasteiger partial charge in [-0.2, -0.15) is 4.31 Å². The van der Waals surface area contributed by atoms with Crippen molar-refractivity contribution in [3.05, 3.63) is 0 Å². The van der Waals surface area contributed by atoms with Gasteiger partial charge in [0.25, 0.3) is 5.92 Å². The minimum atomic E-state index is -3.37. The summed E-state index contributed by atoms with van der Waals surface area (Å²) in [6.45, 7) is 4.31. The molecule has 0 aliphatic carbocycles. The first-order chi connectivity index (χ1) is 9.54. The van der Waals surface area contributed by atoms with Crippen LogP contribution in [0.25, 0.3) is 0 Å². The summed E-state index contributed by atoms with van der Waals surface area (Å²) in [5, 5.41) is 10.0. The minimum absolute atomic E-state index is 0.0560. The third kappa shape index (κ3) is 3.91. The molecule has 124 valence electrons. The summed E-state index contributed by atoms with van der Waals surface area (Å²) >= 11 is 0. The molecule has 2 aliphatic heterocycles. The van der Waals surface area contributed by atoms with Gasteiger partial charge in [-0.25, -0.2) is 17.2 Å². The fourth-order valence-corrected chi connectivity index (χ4v) is 4.28. The van der Waals surface area contributed by atoms with Crippen LogP contribution >= 0.6 is 0 Å². The van der Waals surface area contributed by atoms with Crippen LogP contribution in [0, 0.1) is 0 Å². The smallest absolute Gasteiger partial charge is 0.250 e. The molecule has 2 aliphatic rings. The maximum atomic E-state index is 13.1. The van der Waals surface area contributed by atoms with E-state index in [-0.39, 0.29) is 39.0 Å². The standard InChI is InChI=1S/C13H24F2N2O3S/c1-11(2)21(19,20)17-8-3-12(18,10-17)9-16-6-4-13(14,15)5-7-16/h11,18H,3-10H2,1-2H3. The van der Waals surface area contributed by atoms with E-state index in [9.17, 15) is 22.3 Å². The molecule has 2 saturated heterocycles. The molecule has 2 rings (SSSR count). The Kier molecular flexibility index (Phi) is 4.64. The largest absolute Gasteiger partial charge is 0.387 e. The number of β-amino-alcohol motifs (C(OH)–C–C–N with tert-alkyl or cyclic N) is 1. The van der Waals surface area contributed by atoms with Gasteiger partial charge in [0.05, 0.1) is 10.9 Å². The van der Waals surface area contributed by atoms with Crippen molar-refractivity contribution in [1.82, 2.24) is 9.21 Å². The average Bonchev–Trinajstić information content (AvgIpc) is 2.75. The lowest BCUT2D eigenvalue weighted by Crippen LogP contribution is -2.50. The van der Waals surface area contributed by atoms with Crippen molar-refractivity contribution >= 4 is 10.0 Å². The molecule has 0 spiro atoms. The highest BCUT2D eigenvalue weighted by Crippen LogP contribution is 2.31. The molecule has 21 heavy (non-hydrogen) atoms. The van der Waals surface area contributed by atoms with Crippen LogP contribution < -0.4 is 0 Å². The summed E-state index contributed by atoms with van der Waals surface area (Å²) in [6.07, 6.45) is -0.0417. The molecule has 0 amide bonds. The predicted molar refractivity (Wildman–Crippen MR) is 75.8 cm³/mol. The second-order valence-electron chi connectivity index (χ2n) is 6.53. The molecule has 0 saturated carbocycles. The number of piperidine rings is 1. The summed E-state index contributed by atoms with van der Waals surface area (Å²) in [5.41, 5.74) is -1.13. The van der Waals surface area contributed by atoms with E-state index in [4.69, 9.17) is 0 Å². The lowest BCUT2D eigenvalue weighted by molar-refractivity contribution is -0.0716. The summed E-state index contributed by atoms with van der Waals surface area (Å²) in [5.74, 6) is -2.61. The number of sulfonamides is 1. The fraction of sp³-hybridized carbons (Fsp3) is 1.00. The van der Waals surface area contributed by atoms with Crippen molar-refractivity contribution < 1.29 is 22.3 Å². The van der Waals surface area contributed by atoms with Crippen LogP contribution in [-0.4, -0.2) is 72.2 Å². The van der Waals surface area contributed by atoms with E-state index >= 15 is 0 Å². The summed E-state index contributed by atoms with van der Waals surface area (Å²) in [6, 6.07) is 0. The van der Waals surface area contributed by atoms with Crippen LogP contribution in [0.2, 0.25) is 0 Å². The highest BCUT2D eigenvalue weighted by Gasteiger charge is 2.44. The lowest BCUT2D eigenvalue weighted by Gasteiger charge is -2.36. The maximum Gasteiger partial charge on any atom is 0.250 e. The number of nitrogens with zero attached hydrogens (tertiary/aromatic N) is 2. The average molecular weight is 326 g/mol. The number of rotatable bonds is 4. The molecule has 2 heterocycles. The first-order valence-corrected chi connectivity index (χ1v) is 8.86. The molecule has 1 unspecified atom stereocenters. The molecular weight excluding hydrogens is 302 g/mol. The van der Waals surface area contributed by atoms with Gasteiger partial charge < -0.3 is 5.11 Å². The van der Waals surface area contributed by atoms with Crippen molar-refractivity contribution in [3.8, 4) is 0 Å². The highest BCUT2D eigenvalue weighted by molar-refractivity contribution is 7.89. The fourth-order valence-electron chi connectivity index (χ4n) is 2.92. The van der Waals surface area contributed by atoms with E-state index < -0.39 is 26.8 Å². The molecule has 2 fully saturated rings. The second-order valence-corrected chi connectivity index (χ2v) is 9.02. The normalized spacial score (nSPS) is 31.9. The van der Waals surface area contributed by atoms with Crippen LogP contribution in [0.4, 0.5) is 8.78 Å². The number of aliphatic hydroxyl groups is 1. The quantitative estimate of drug-likeness (QED) is 0.834. The third-order valence-electron chi connectivity index (χ3n) is 4.36. The van der Waals surface area contributed by atoms with Gasteiger partial charge in [0.1, 0.15) is 0 Å². The van der Waals surface area contributed by atoms with Gasteiger partial charge in [-0.05, 0) is 20.3 Å². The van der Waals surface area contributed by atoms with Crippen LogP contribution in [0.3, 0.4) is 0 Å². The zero-order chi connectivity index (χ0) is 15.9. The lowest BCUT2D eigenvalue weighted by atomic mass is 10.00. The van der Waals surface area contributed by atoms with E-state index in [0.29, 0.717) is 13.0 Å². The first kappa shape index (κ1) is 17.1. The van der Waals surface area contributed by atoms with Crippen molar-refractivity contribution in [2.45, 2.75) is 49.9 Å². The number of likely N-dealkylation sites (tertiary alicyclic amines) is 1. The Morgan fingerprint density at radius 2 is 1.71 bits per heavy atom. The van der Waals surface area contributed by atoms with E-state index in [1.165, 1.54) is 4.31 Å². The third-order valence-corrected chi connectivity index (χ3v) is 6.58. The number of hydrogen-bond acceptors (Lipinski definition) is 4. The number of halogens is 2. The first-order valence-electron chi connectivity index (χ1n) is 7.36. The Bertz CT molecular complexity index is 474. The molecule has 8 heteroatoms. The number of alkyl halides is 2. The monoisotopic (exact) mass is 326 g/mol. The van der Waals surface area contributed by atoms with Crippen molar-refractivity contribution in [2.24, 2.45) is 0 Å². The van der Waals surface area contributed by atoms with Gasteiger partial charge in [-0.15, -0.1) is 0 Å². The summed E-state index contributed by atoms with van der Waals surface area (Å²) in [4.78, 5) is 1.81. The zero-order valence-corrected chi connectivity index (χ0v) is 13.4. The Balaban J connectivity index is 1.93. The van der Waals surface area contributed by atoms with Crippen LogP contribution in [0.1, 0.15) is 33.1 Å². The summed E-state index contributed by atoms with van der Waals surface area (Å²) in [7, 11) is -3.37. The molecule has 1 N–H and O–H groups in total. The van der Waals surface area contributed by atoms with Gasteiger partial charge in [0.15, 0.2) is 0 Å². The Hall–Kier alpha value is -0.310. The van der Waals surface area contributed by atoms with Crippen molar-refractivity contribution in [1.29, 1.82) is 0 Å². The number of hydrogen-bond donors (Lipinski definition) is 1. The second kappa shape index (κ2) is 5.72. The van der Waals surface area contributed by atoms with E-state index in [1.54, 1.807) is 13.8 Å². The van der Waals surface area contributed by atoms with Crippen molar-refractivity contribution in [2.75, 3.05) is 32.7 Å². The molecular formula is C13H24F2N2O3S.